The first-order valence-corrected chi connectivity index (χ1v) is 14.6. The van der Waals surface area contributed by atoms with Gasteiger partial charge in [-0.1, -0.05) is 0 Å². The van der Waals surface area contributed by atoms with Crippen LogP contribution in [0.4, 0.5) is 0 Å². The fourth-order valence-electron chi connectivity index (χ4n) is 1.87. The lowest BCUT2D eigenvalue weighted by molar-refractivity contribution is -0.133. The number of benzene rings is 1. The van der Waals surface area contributed by atoms with Crippen molar-refractivity contribution in [2.45, 2.75) is 39.3 Å². The summed E-state index contributed by atoms with van der Waals surface area (Å²) in [5.74, 6) is 1.09. The zero-order chi connectivity index (χ0) is 18.5. The number of carbonyl (C=O) groups excluding carboxylic acids is 1. The zero-order valence-corrected chi connectivity index (χ0v) is 17.9. The maximum atomic E-state index is 12.5. The average Bonchev–Trinajstić information content (AvgIpc) is 2.43. The van der Waals surface area contributed by atoms with Gasteiger partial charge < -0.3 is 18.3 Å². The summed E-state index contributed by atoms with van der Waals surface area (Å²) in [6, 6.07) is 5.40. The molecule has 0 atom stereocenters. The Hall–Kier alpha value is -1.74. The summed E-state index contributed by atoms with van der Waals surface area (Å²) in [5.41, 5.74) is 0.735. The van der Waals surface area contributed by atoms with E-state index in [0.717, 1.165) is 5.56 Å². The number of hydrogen-bond acceptors (Lipinski definition) is 5. The highest BCUT2D eigenvalue weighted by Crippen LogP contribution is 2.28. The Labute approximate surface area is 146 Å². The van der Waals surface area contributed by atoms with Crippen LogP contribution in [0.25, 0.3) is 6.08 Å². The van der Waals surface area contributed by atoms with Crippen LogP contribution in [0.15, 0.2) is 24.0 Å². The number of carbonyl (C=O) groups is 1. The van der Waals surface area contributed by atoms with Crippen molar-refractivity contribution >= 4 is 28.7 Å². The van der Waals surface area contributed by atoms with E-state index in [1.54, 1.807) is 26.4 Å². The summed E-state index contributed by atoms with van der Waals surface area (Å²) in [6.45, 7) is 12.0. The van der Waals surface area contributed by atoms with E-state index in [2.05, 4.69) is 0 Å². The number of rotatable bonds is 7. The molecule has 24 heavy (non-hydrogen) atoms. The van der Waals surface area contributed by atoms with Crippen molar-refractivity contribution in [3.63, 3.8) is 0 Å². The summed E-state index contributed by atoms with van der Waals surface area (Å²) in [5, 5.41) is 0. The molecule has 0 aliphatic heterocycles. The monoisotopic (exact) mass is 368 g/mol. The Morgan fingerprint density at radius 1 is 0.917 bits per heavy atom. The second kappa shape index (κ2) is 7.89. The van der Waals surface area contributed by atoms with E-state index in [4.69, 9.17) is 18.3 Å². The van der Waals surface area contributed by atoms with Gasteiger partial charge in [0.1, 0.15) is 11.5 Å². The molecule has 1 rings (SSSR count). The van der Waals surface area contributed by atoms with Gasteiger partial charge in [-0.25, -0.2) is 4.79 Å². The molecule has 0 bridgehead atoms. The molecule has 0 spiro atoms. The lowest BCUT2D eigenvalue weighted by Gasteiger charge is -2.24. The Kier molecular flexibility index (Phi) is 6.68. The van der Waals surface area contributed by atoms with Crippen LogP contribution in [-0.2, 0) is 13.6 Å². The van der Waals surface area contributed by atoms with Crippen molar-refractivity contribution in [2.75, 3.05) is 14.2 Å². The molecule has 0 fully saturated rings. The molecule has 0 unspecified atom stereocenters. The van der Waals surface area contributed by atoms with Crippen molar-refractivity contribution in [3.8, 4) is 11.5 Å². The lowest BCUT2D eigenvalue weighted by atomic mass is 10.1. The van der Waals surface area contributed by atoms with Crippen molar-refractivity contribution < 1.29 is 23.1 Å². The van der Waals surface area contributed by atoms with Gasteiger partial charge in [-0.3, -0.25) is 0 Å². The summed E-state index contributed by atoms with van der Waals surface area (Å²) in [6.07, 6.45) is 1.68. The summed E-state index contributed by atoms with van der Waals surface area (Å²) >= 11 is 0. The van der Waals surface area contributed by atoms with E-state index < -0.39 is 22.6 Å². The van der Waals surface area contributed by atoms with Crippen LogP contribution in [0.2, 0.25) is 39.3 Å². The number of methoxy groups -OCH3 is 2. The SMILES string of the molecule is COc1ccc(/C=C(\O[Si](C)(C)C)C(=O)O[Si](C)(C)C)c(OC)c1. The molecule has 7 heteroatoms. The van der Waals surface area contributed by atoms with E-state index in [-0.39, 0.29) is 5.76 Å². The highest BCUT2D eigenvalue weighted by atomic mass is 28.4. The highest BCUT2D eigenvalue weighted by molar-refractivity contribution is 6.72. The molecule has 0 aliphatic rings. The molecule has 0 N–H and O–H groups in total. The predicted octanol–water partition coefficient (Wildman–Crippen LogP) is 4.27. The van der Waals surface area contributed by atoms with Crippen LogP contribution < -0.4 is 9.47 Å². The van der Waals surface area contributed by atoms with E-state index >= 15 is 0 Å². The molecule has 0 radical (unpaired) electrons. The standard InChI is InChI=1S/C17H28O5Si2/c1-19-14-10-9-13(15(12-14)20-2)11-16(21-23(3,4)5)17(18)22-24(6,7)8/h9-12H,1-8H3/b16-11-. The molecule has 0 heterocycles. The van der Waals surface area contributed by atoms with Gasteiger partial charge in [0.15, 0.2) is 5.76 Å². The molecular weight excluding hydrogens is 340 g/mol. The topological polar surface area (TPSA) is 54.0 Å². The minimum Gasteiger partial charge on any atom is -0.539 e. The van der Waals surface area contributed by atoms with Gasteiger partial charge in [-0.15, -0.1) is 0 Å². The van der Waals surface area contributed by atoms with Gasteiger partial charge in [0, 0.05) is 11.6 Å². The normalized spacial score (nSPS) is 12.6. The minimum atomic E-state index is -2.02. The van der Waals surface area contributed by atoms with Crippen LogP contribution in [0.5, 0.6) is 11.5 Å². The zero-order valence-electron chi connectivity index (χ0n) is 15.9. The molecule has 0 saturated heterocycles. The van der Waals surface area contributed by atoms with Crippen molar-refractivity contribution in [1.29, 1.82) is 0 Å². The number of ether oxygens (including phenoxy) is 2. The third kappa shape index (κ3) is 6.80. The first-order valence-electron chi connectivity index (χ1n) is 7.81. The minimum absolute atomic E-state index is 0.222. The molecule has 0 aliphatic carbocycles. The smallest absolute Gasteiger partial charge is 0.358 e. The first kappa shape index (κ1) is 20.3. The maximum absolute atomic E-state index is 12.5. The van der Waals surface area contributed by atoms with Crippen LogP contribution in [-0.4, -0.2) is 36.8 Å². The van der Waals surface area contributed by atoms with Gasteiger partial charge in [0.25, 0.3) is 0 Å². The van der Waals surface area contributed by atoms with Crippen molar-refractivity contribution in [1.82, 2.24) is 0 Å². The van der Waals surface area contributed by atoms with Gasteiger partial charge in [-0.2, -0.15) is 0 Å². The van der Waals surface area contributed by atoms with Crippen LogP contribution in [0.3, 0.4) is 0 Å². The Balaban J connectivity index is 3.28. The van der Waals surface area contributed by atoms with Crippen LogP contribution >= 0.6 is 0 Å². The van der Waals surface area contributed by atoms with Gasteiger partial charge >= 0.3 is 5.97 Å². The van der Waals surface area contributed by atoms with E-state index in [0.29, 0.717) is 11.5 Å². The van der Waals surface area contributed by atoms with Gasteiger partial charge in [0.05, 0.1) is 14.2 Å². The van der Waals surface area contributed by atoms with Gasteiger partial charge in [0.2, 0.25) is 16.6 Å². The fourth-order valence-corrected chi connectivity index (χ4v) is 3.33. The average molecular weight is 369 g/mol. The van der Waals surface area contributed by atoms with E-state index in [1.165, 1.54) is 0 Å². The summed E-state index contributed by atoms with van der Waals surface area (Å²) in [7, 11) is -0.828. The third-order valence-electron chi connectivity index (χ3n) is 2.74. The Morgan fingerprint density at radius 2 is 1.50 bits per heavy atom. The fraction of sp³-hybridized carbons (Fsp3) is 0.471. The highest BCUT2D eigenvalue weighted by Gasteiger charge is 2.27. The van der Waals surface area contributed by atoms with E-state index in [1.807, 2.05) is 51.4 Å². The van der Waals surface area contributed by atoms with E-state index in [9.17, 15) is 4.79 Å². The van der Waals surface area contributed by atoms with Crippen molar-refractivity contribution in [3.05, 3.63) is 29.5 Å². The summed E-state index contributed by atoms with van der Waals surface area (Å²) < 4.78 is 22.2. The number of hydrogen-bond donors (Lipinski definition) is 0. The molecule has 0 aromatic heterocycles. The third-order valence-corrected chi connectivity index (χ3v) is 4.37. The molecule has 0 saturated carbocycles. The van der Waals surface area contributed by atoms with Crippen molar-refractivity contribution in [2.24, 2.45) is 0 Å². The Bertz CT molecular complexity index is 612. The largest absolute Gasteiger partial charge is 0.539 e. The molecule has 5 nitrogen and oxygen atoms in total. The van der Waals surface area contributed by atoms with Crippen LogP contribution in [0.1, 0.15) is 5.56 Å². The maximum Gasteiger partial charge on any atom is 0.358 e. The lowest BCUT2D eigenvalue weighted by Crippen LogP contribution is -2.33. The molecule has 134 valence electrons. The van der Waals surface area contributed by atoms with Crippen LogP contribution in [0, 0.1) is 0 Å². The molecule has 1 aromatic rings. The predicted molar refractivity (Wildman–Crippen MR) is 101 cm³/mol. The Morgan fingerprint density at radius 3 is 1.96 bits per heavy atom. The quantitative estimate of drug-likeness (QED) is 0.408. The molecule has 0 amide bonds. The second-order valence-electron chi connectivity index (χ2n) is 7.33. The van der Waals surface area contributed by atoms with Gasteiger partial charge in [-0.05, 0) is 57.5 Å². The summed E-state index contributed by atoms with van der Waals surface area (Å²) in [4.78, 5) is 12.5. The first-order chi connectivity index (χ1) is 10.9. The molecule has 1 aromatic carbocycles. The molecular formula is C17H28O5Si2. The second-order valence-corrected chi connectivity index (χ2v) is 16.2.